The number of carbonyl (C=O) groups is 1. The van der Waals surface area contributed by atoms with Gasteiger partial charge in [0.15, 0.2) is 5.65 Å². The van der Waals surface area contributed by atoms with E-state index in [-0.39, 0.29) is 29.7 Å². The SMILES string of the molecule is CC(CC(=O)N1CCC(O)(Cn2cnc3c(cnn3C)c2=O)CC1)c1ccc(F)cc1. The monoisotopic (exact) mass is 427 g/mol. The van der Waals surface area contributed by atoms with Crippen molar-refractivity contribution in [1.82, 2.24) is 24.2 Å². The smallest absolute Gasteiger partial charge is 0.264 e. The van der Waals surface area contributed by atoms with Gasteiger partial charge in [-0.2, -0.15) is 5.10 Å². The lowest BCUT2D eigenvalue weighted by atomic mass is 9.90. The van der Waals surface area contributed by atoms with Gasteiger partial charge in [-0.3, -0.25) is 18.8 Å². The third kappa shape index (κ3) is 4.36. The van der Waals surface area contributed by atoms with Gasteiger partial charge in [0.25, 0.3) is 5.56 Å². The molecular formula is C22H26FN5O3. The second-order valence-corrected chi connectivity index (χ2v) is 8.44. The van der Waals surface area contributed by atoms with Crippen LogP contribution in [0.3, 0.4) is 0 Å². The minimum absolute atomic E-state index is 0.00879. The molecule has 0 saturated carbocycles. The molecule has 1 aromatic carbocycles. The Hall–Kier alpha value is -3.07. The molecule has 1 N–H and O–H groups in total. The van der Waals surface area contributed by atoms with Gasteiger partial charge in [-0.1, -0.05) is 19.1 Å². The van der Waals surface area contributed by atoms with E-state index in [1.54, 1.807) is 24.1 Å². The van der Waals surface area contributed by atoms with Gasteiger partial charge >= 0.3 is 0 Å². The topological polar surface area (TPSA) is 93.2 Å². The van der Waals surface area contributed by atoms with Crippen LogP contribution < -0.4 is 5.56 Å². The molecule has 3 heterocycles. The van der Waals surface area contributed by atoms with Gasteiger partial charge in [-0.05, 0) is 36.5 Å². The molecule has 1 aliphatic rings. The number of hydrogen-bond donors (Lipinski definition) is 1. The molecule has 1 unspecified atom stereocenters. The molecule has 3 aromatic rings. The van der Waals surface area contributed by atoms with Crippen LogP contribution in [0.15, 0.2) is 41.6 Å². The normalized spacial score (nSPS) is 17.1. The Kier molecular flexibility index (Phi) is 5.62. The number of aromatic nitrogens is 4. The van der Waals surface area contributed by atoms with E-state index in [0.717, 1.165) is 5.56 Å². The van der Waals surface area contributed by atoms with Crippen molar-refractivity contribution in [3.8, 4) is 0 Å². The lowest BCUT2D eigenvalue weighted by molar-refractivity contribution is -0.136. The van der Waals surface area contributed by atoms with Gasteiger partial charge in [0.2, 0.25) is 5.91 Å². The summed E-state index contributed by atoms with van der Waals surface area (Å²) < 4.78 is 16.1. The average Bonchev–Trinajstić information content (AvgIpc) is 3.12. The van der Waals surface area contributed by atoms with Gasteiger partial charge in [-0.25, -0.2) is 9.37 Å². The Labute approximate surface area is 178 Å². The predicted octanol–water partition coefficient (Wildman–Crippen LogP) is 1.82. The zero-order valence-corrected chi connectivity index (χ0v) is 17.7. The molecule has 0 radical (unpaired) electrons. The van der Waals surface area contributed by atoms with Crippen molar-refractivity contribution >= 4 is 16.9 Å². The van der Waals surface area contributed by atoms with E-state index in [2.05, 4.69) is 10.1 Å². The lowest BCUT2D eigenvalue weighted by Crippen LogP contribution is -2.49. The number of piperidine rings is 1. The fourth-order valence-electron chi connectivity index (χ4n) is 4.13. The molecular weight excluding hydrogens is 401 g/mol. The van der Waals surface area contributed by atoms with Crippen LogP contribution in [0.2, 0.25) is 0 Å². The maximum absolute atomic E-state index is 13.1. The summed E-state index contributed by atoms with van der Waals surface area (Å²) in [6.45, 7) is 2.91. The molecule has 1 saturated heterocycles. The van der Waals surface area contributed by atoms with E-state index in [1.807, 2.05) is 6.92 Å². The fourth-order valence-corrected chi connectivity index (χ4v) is 4.13. The Morgan fingerprint density at radius 1 is 1.26 bits per heavy atom. The minimum atomic E-state index is -1.08. The Morgan fingerprint density at radius 2 is 1.94 bits per heavy atom. The number of aliphatic hydroxyl groups is 1. The summed E-state index contributed by atoms with van der Waals surface area (Å²) in [6, 6.07) is 6.20. The number of benzene rings is 1. The van der Waals surface area contributed by atoms with E-state index in [0.29, 0.717) is 43.4 Å². The molecule has 1 atom stereocenters. The van der Waals surface area contributed by atoms with Gasteiger partial charge in [0.1, 0.15) is 17.5 Å². The van der Waals surface area contributed by atoms with Gasteiger partial charge < -0.3 is 10.0 Å². The van der Waals surface area contributed by atoms with Crippen LogP contribution in [-0.2, 0) is 18.4 Å². The van der Waals surface area contributed by atoms with Gasteiger partial charge in [0, 0.05) is 26.6 Å². The molecule has 8 nitrogen and oxygen atoms in total. The quantitative estimate of drug-likeness (QED) is 0.670. The number of nitrogens with zero attached hydrogens (tertiary/aromatic N) is 5. The number of aryl methyl sites for hydroxylation is 1. The van der Waals surface area contributed by atoms with E-state index in [9.17, 15) is 19.1 Å². The largest absolute Gasteiger partial charge is 0.388 e. The van der Waals surface area contributed by atoms with Crippen molar-refractivity contribution in [1.29, 1.82) is 0 Å². The molecule has 164 valence electrons. The predicted molar refractivity (Wildman–Crippen MR) is 113 cm³/mol. The highest BCUT2D eigenvalue weighted by atomic mass is 19.1. The molecule has 2 aromatic heterocycles. The Morgan fingerprint density at radius 3 is 2.61 bits per heavy atom. The summed E-state index contributed by atoms with van der Waals surface area (Å²) in [5, 5.41) is 15.5. The van der Waals surface area contributed by atoms with E-state index < -0.39 is 5.60 Å². The number of carbonyl (C=O) groups excluding carboxylic acids is 1. The third-order valence-electron chi connectivity index (χ3n) is 6.15. The highest BCUT2D eigenvalue weighted by molar-refractivity contribution is 5.77. The summed E-state index contributed by atoms with van der Waals surface area (Å²) in [7, 11) is 1.72. The third-order valence-corrected chi connectivity index (χ3v) is 6.15. The van der Waals surface area contributed by atoms with Crippen molar-refractivity contribution in [2.75, 3.05) is 13.1 Å². The molecule has 1 aliphatic heterocycles. The fraction of sp³-hybridized carbons (Fsp3) is 0.455. The van der Waals surface area contributed by atoms with Crippen molar-refractivity contribution < 1.29 is 14.3 Å². The molecule has 9 heteroatoms. The van der Waals surface area contributed by atoms with Crippen molar-refractivity contribution in [2.45, 2.75) is 44.2 Å². The molecule has 1 amide bonds. The number of amides is 1. The Bertz CT molecular complexity index is 1150. The van der Waals surface area contributed by atoms with Crippen molar-refractivity contribution in [2.24, 2.45) is 7.05 Å². The highest BCUT2D eigenvalue weighted by Gasteiger charge is 2.35. The maximum atomic E-state index is 13.1. The second-order valence-electron chi connectivity index (χ2n) is 8.44. The van der Waals surface area contributed by atoms with Crippen molar-refractivity contribution in [3.63, 3.8) is 0 Å². The first-order chi connectivity index (χ1) is 14.8. The highest BCUT2D eigenvalue weighted by Crippen LogP contribution is 2.26. The van der Waals surface area contributed by atoms with Gasteiger partial charge in [0.05, 0.1) is 18.3 Å². The van der Waals surface area contributed by atoms with Crippen LogP contribution >= 0.6 is 0 Å². The lowest BCUT2D eigenvalue weighted by Gasteiger charge is -2.38. The first-order valence-corrected chi connectivity index (χ1v) is 10.4. The van der Waals surface area contributed by atoms with Crippen molar-refractivity contribution in [3.05, 3.63) is 58.5 Å². The summed E-state index contributed by atoms with van der Waals surface area (Å²) in [6.07, 6.45) is 3.99. The molecule has 1 fully saturated rings. The number of rotatable bonds is 5. The summed E-state index contributed by atoms with van der Waals surface area (Å²) in [5.41, 5.74) is 0.101. The second kappa shape index (κ2) is 8.22. The van der Waals surface area contributed by atoms with Crippen LogP contribution in [0.25, 0.3) is 11.0 Å². The van der Waals surface area contributed by atoms with Crippen LogP contribution in [-0.4, -0.2) is 53.9 Å². The van der Waals surface area contributed by atoms with Gasteiger partial charge in [-0.15, -0.1) is 0 Å². The van der Waals surface area contributed by atoms with E-state index in [4.69, 9.17) is 0 Å². The molecule has 31 heavy (non-hydrogen) atoms. The zero-order chi connectivity index (χ0) is 22.2. The number of halogens is 1. The number of hydrogen-bond acceptors (Lipinski definition) is 5. The summed E-state index contributed by atoms with van der Waals surface area (Å²) in [5.74, 6) is -0.311. The molecule has 4 rings (SSSR count). The number of likely N-dealkylation sites (tertiary alicyclic amines) is 1. The molecule has 0 spiro atoms. The summed E-state index contributed by atoms with van der Waals surface area (Å²) in [4.78, 5) is 31.4. The first-order valence-electron chi connectivity index (χ1n) is 10.4. The van der Waals surface area contributed by atoms with Crippen LogP contribution in [0.4, 0.5) is 4.39 Å². The Balaban J connectivity index is 1.37. The summed E-state index contributed by atoms with van der Waals surface area (Å²) >= 11 is 0. The van der Waals surface area contributed by atoms with Crippen LogP contribution in [0.1, 0.15) is 37.7 Å². The van der Waals surface area contributed by atoms with Crippen LogP contribution in [0, 0.1) is 5.82 Å². The van der Waals surface area contributed by atoms with E-state index >= 15 is 0 Å². The van der Waals surface area contributed by atoms with Crippen LogP contribution in [0.5, 0.6) is 0 Å². The molecule has 0 bridgehead atoms. The molecule has 0 aliphatic carbocycles. The minimum Gasteiger partial charge on any atom is -0.388 e. The number of fused-ring (bicyclic) bond motifs is 1. The average molecular weight is 427 g/mol. The maximum Gasteiger partial charge on any atom is 0.264 e. The zero-order valence-electron chi connectivity index (χ0n) is 17.7. The first kappa shape index (κ1) is 21.2. The standard InChI is InChI=1S/C22H26FN5O3/c1-15(16-3-5-17(23)6-4-16)11-19(29)27-9-7-22(31,8-10-27)13-28-14-24-20-18(21(28)30)12-25-26(20)2/h3-6,12,14-15,31H,7-11,13H2,1-2H3. The van der Waals surface area contributed by atoms with E-state index in [1.165, 1.54) is 33.9 Å².